The van der Waals surface area contributed by atoms with Crippen molar-refractivity contribution >= 4 is 5.97 Å². The largest absolute Gasteiger partial charge is 0.478 e. The second kappa shape index (κ2) is 6.19. The zero-order valence-corrected chi connectivity index (χ0v) is 9.60. The zero-order chi connectivity index (χ0) is 12.0. The van der Waals surface area contributed by atoms with Crippen molar-refractivity contribution in [3.8, 4) is 0 Å². The lowest BCUT2D eigenvalue weighted by molar-refractivity contribution is 0.0696. The molecule has 0 amide bonds. The van der Waals surface area contributed by atoms with Crippen LogP contribution in [0.1, 0.15) is 16.1 Å². The van der Waals surface area contributed by atoms with Crippen molar-refractivity contribution in [3.05, 3.63) is 29.6 Å². The Kier molecular flexibility index (Phi) is 4.88. The molecule has 0 saturated carbocycles. The number of carboxylic acids is 1. The molecular formula is C11H17N3O2. The predicted molar refractivity (Wildman–Crippen MR) is 61.5 cm³/mol. The van der Waals surface area contributed by atoms with Crippen molar-refractivity contribution in [2.75, 3.05) is 27.2 Å². The molecule has 0 fully saturated rings. The molecule has 0 aliphatic carbocycles. The smallest absolute Gasteiger partial charge is 0.337 e. The van der Waals surface area contributed by atoms with Gasteiger partial charge in [0.1, 0.15) is 0 Å². The normalized spacial score (nSPS) is 10.7. The van der Waals surface area contributed by atoms with Gasteiger partial charge in [-0.3, -0.25) is 9.88 Å². The number of aromatic nitrogens is 1. The summed E-state index contributed by atoms with van der Waals surface area (Å²) in [5.41, 5.74) is 1.10. The van der Waals surface area contributed by atoms with E-state index in [0.717, 1.165) is 25.3 Å². The average Bonchev–Trinajstić information content (AvgIpc) is 2.27. The second-order valence-corrected chi connectivity index (χ2v) is 3.68. The van der Waals surface area contributed by atoms with E-state index in [-0.39, 0.29) is 5.56 Å². The Morgan fingerprint density at radius 1 is 1.56 bits per heavy atom. The van der Waals surface area contributed by atoms with E-state index in [1.54, 1.807) is 12.1 Å². The zero-order valence-electron chi connectivity index (χ0n) is 9.60. The minimum Gasteiger partial charge on any atom is -0.478 e. The van der Waals surface area contributed by atoms with Crippen molar-refractivity contribution in [1.82, 2.24) is 15.2 Å². The maximum Gasteiger partial charge on any atom is 0.337 e. The minimum atomic E-state index is -0.942. The molecule has 0 saturated heterocycles. The van der Waals surface area contributed by atoms with Crippen LogP contribution in [0.25, 0.3) is 0 Å². The highest BCUT2D eigenvalue weighted by molar-refractivity contribution is 5.87. The van der Waals surface area contributed by atoms with Crippen LogP contribution in [0.2, 0.25) is 0 Å². The summed E-state index contributed by atoms with van der Waals surface area (Å²) in [6, 6.07) is 3.33. The van der Waals surface area contributed by atoms with E-state index >= 15 is 0 Å². The van der Waals surface area contributed by atoms with Crippen LogP contribution < -0.4 is 5.32 Å². The number of hydrogen-bond donors (Lipinski definition) is 2. The molecule has 1 aromatic heterocycles. The van der Waals surface area contributed by atoms with E-state index in [1.165, 1.54) is 6.20 Å². The number of nitrogens with one attached hydrogen (secondary N) is 1. The lowest BCUT2D eigenvalue weighted by atomic mass is 10.2. The van der Waals surface area contributed by atoms with Crippen molar-refractivity contribution in [2.45, 2.75) is 6.54 Å². The van der Waals surface area contributed by atoms with E-state index in [1.807, 2.05) is 14.1 Å². The molecule has 2 N–H and O–H groups in total. The van der Waals surface area contributed by atoms with Gasteiger partial charge in [-0.25, -0.2) is 4.79 Å². The molecule has 0 radical (unpaired) electrons. The summed E-state index contributed by atoms with van der Waals surface area (Å²) in [6.45, 7) is 2.57. The third kappa shape index (κ3) is 3.96. The van der Waals surface area contributed by atoms with Gasteiger partial charge in [0.05, 0.1) is 11.3 Å². The molecule has 5 nitrogen and oxygen atoms in total. The highest BCUT2D eigenvalue weighted by Gasteiger charge is 2.04. The van der Waals surface area contributed by atoms with Gasteiger partial charge in [-0.1, -0.05) is 0 Å². The van der Waals surface area contributed by atoms with Crippen LogP contribution >= 0.6 is 0 Å². The van der Waals surface area contributed by atoms with E-state index in [0.29, 0.717) is 0 Å². The minimum absolute atomic E-state index is 0.224. The number of pyridine rings is 1. The fraction of sp³-hybridized carbons (Fsp3) is 0.455. The second-order valence-electron chi connectivity index (χ2n) is 3.68. The first kappa shape index (κ1) is 12.6. The first-order chi connectivity index (χ1) is 7.63. The van der Waals surface area contributed by atoms with Crippen LogP contribution in [0.5, 0.6) is 0 Å². The number of carbonyl (C=O) groups is 1. The Balaban J connectivity index is 2.51. The quantitative estimate of drug-likeness (QED) is 0.732. The molecule has 5 heteroatoms. The molecule has 0 aliphatic rings. The highest BCUT2D eigenvalue weighted by Crippen LogP contribution is 2.02. The van der Waals surface area contributed by atoms with Gasteiger partial charge in [0.2, 0.25) is 0 Å². The summed E-state index contributed by atoms with van der Waals surface area (Å²) in [6.07, 6.45) is 1.39. The van der Waals surface area contributed by atoms with Gasteiger partial charge in [-0.2, -0.15) is 0 Å². The number of hydrogen-bond acceptors (Lipinski definition) is 4. The maximum absolute atomic E-state index is 10.6. The molecular weight excluding hydrogens is 206 g/mol. The van der Waals surface area contributed by atoms with Crippen LogP contribution in [0.15, 0.2) is 18.3 Å². The lowest BCUT2D eigenvalue weighted by Crippen LogP contribution is -2.27. The monoisotopic (exact) mass is 223 g/mol. The number of likely N-dealkylation sites (N-methyl/N-ethyl adjacent to an activating group) is 2. The first-order valence-electron chi connectivity index (χ1n) is 5.15. The van der Waals surface area contributed by atoms with Crippen molar-refractivity contribution in [3.63, 3.8) is 0 Å². The van der Waals surface area contributed by atoms with Gasteiger partial charge in [-0.15, -0.1) is 0 Å². The van der Waals surface area contributed by atoms with Gasteiger partial charge in [-0.05, 0) is 26.2 Å². The Bertz CT molecular complexity index is 338. The Hall–Kier alpha value is -1.46. The predicted octanol–water partition coefficient (Wildman–Crippen LogP) is 0.431. The van der Waals surface area contributed by atoms with Gasteiger partial charge in [0, 0.05) is 25.8 Å². The molecule has 0 atom stereocenters. The summed E-state index contributed by atoms with van der Waals surface area (Å²) in [7, 11) is 3.91. The van der Waals surface area contributed by atoms with E-state index in [2.05, 4.69) is 15.2 Å². The van der Waals surface area contributed by atoms with Crippen molar-refractivity contribution in [1.29, 1.82) is 0 Å². The van der Waals surface area contributed by atoms with E-state index in [9.17, 15) is 4.79 Å². The molecule has 1 rings (SSSR count). The summed E-state index contributed by atoms with van der Waals surface area (Å²) < 4.78 is 0. The van der Waals surface area contributed by atoms with Crippen LogP contribution in [0.4, 0.5) is 0 Å². The Morgan fingerprint density at radius 3 is 2.81 bits per heavy atom. The van der Waals surface area contributed by atoms with Crippen LogP contribution in [-0.2, 0) is 6.54 Å². The van der Waals surface area contributed by atoms with Gasteiger partial charge >= 0.3 is 5.97 Å². The fourth-order valence-electron chi connectivity index (χ4n) is 1.30. The molecule has 1 heterocycles. The van der Waals surface area contributed by atoms with Crippen LogP contribution in [0.3, 0.4) is 0 Å². The highest BCUT2D eigenvalue weighted by atomic mass is 16.4. The van der Waals surface area contributed by atoms with Crippen molar-refractivity contribution in [2.24, 2.45) is 0 Å². The molecule has 16 heavy (non-hydrogen) atoms. The van der Waals surface area contributed by atoms with Gasteiger partial charge in [0.25, 0.3) is 0 Å². The molecule has 88 valence electrons. The molecule has 0 unspecified atom stereocenters. The van der Waals surface area contributed by atoms with E-state index in [4.69, 9.17) is 5.11 Å². The molecule has 0 spiro atoms. The summed E-state index contributed by atoms with van der Waals surface area (Å²) in [5.74, 6) is -0.942. The Morgan fingerprint density at radius 2 is 2.31 bits per heavy atom. The standard InChI is InChI=1S/C11H17N3O2/c1-12-5-6-14(2)8-10-4-3-9(7-13-10)11(15)16/h3-4,7,12H,5-6,8H2,1-2H3,(H,15,16). The molecule has 0 aromatic carbocycles. The number of rotatable bonds is 6. The van der Waals surface area contributed by atoms with Crippen LogP contribution in [0, 0.1) is 0 Å². The fourth-order valence-corrected chi connectivity index (χ4v) is 1.30. The summed E-state index contributed by atoms with van der Waals surface area (Å²) in [5, 5.41) is 11.8. The van der Waals surface area contributed by atoms with Gasteiger partial charge < -0.3 is 10.4 Å². The third-order valence-electron chi connectivity index (χ3n) is 2.25. The molecule has 0 aliphatic heterocycles. The molecule has 1 aromatic rings. The van der Waals surface area contributed by atoms with Crippen molar-refractivity contribution < 1.29 is 9.90 Å². The third-order valence-corrected chi connectivity index (χ3v) is 2.25. The maximum atomic E-state index is 10.6. The summed E-state index contributed by atoms with van der Waals surface area (Å²) >= 11 is 0. The summed E-state index contributed by atoms with van der Waals surface area (Å²) in [4.78, 5) is 16.8. The van der Waals surface area contributed by atoms with Crippen LogP contribution in [-0.4, -0.2) is 48.1 Å². The average molecular weight is 223 g/mol. The number of carboxylic acid groups (broad SMARTS) is 1. The molecule has 0 bridgehead atoms. The topological polar surface area (TPSA) is 65.5 Å². The first-order valence-corrected chi connectivity index (χ1v) is 5.15. The number of nitrogens with zero attached hydrogens (tertiary/aromatic N) is 2. The van der Waals surface area contributed by atoms with E-state index < -0.39 is 5.97 Å². The Labute approximate surface area is 95.1 Å². The SMILES string of the molecule is CNCCN(C)Cc1ccc(C(=O)O)cn1. The van der Waals surface area contributed by atoms with Gasteiger partial charge in [0.15, 0.2) is 0 Å². The number of aromatic carboxylic acids is 1. The lowest BCUT2D eigenvalue weighted by Gasteiger charge is -2.15.